The average molecular weight is 549 g/mol. The van der Waals surface area contributed by atoms with Crippen LogP contribution < -0.4 is 11.1 Å². The number of nitrogens with one attached hydrogen (secondary N) is 1. The molecule has 1 heterocycles. The molecule has 5 N–H and O–H groups in total. The van der Waals surface area contributed by atoms with E-state index in [1.54, 1.807) is 12.1 Å². The van der Waals surface area contributed by atoms with Gasteiger partial charge in [0.25, 0.3) is 10.0 Å². The molecule has 38 heavy (non-hydrogen) atoms. The van der Waals surface area contributed by atoms with Gasteiger partial charge in [-0.2, -0.15) is 0 Å². The molecule has 1 aromatic carbocycles. The van der Waals surface area contributed by atoms with Gasteiger partial charge in [-0.05, 0) is 43.2 Å². The number of aliphatic hydroxyl groups is 2. The molecule has 1 aliphatic carbocycles. The molecule has 9 nitrogen and oxygen atoms in total. The number of carbonyl (C=O) groups is 1. The minimum Gasteiger partial charge on any atom is -0.390 e. The maximum Gasteiger partial charge on any atom is 0.268 e. The van der Waals surface area contributed by atoms with Crippen molar-refractivity contribution in [3.05, 3.63) is 48.0 Å². The second-order valence-corrected chi connectivity index (χ2v) is 13.1. The molecule has 212 valence electrons. The van der Waals surface area contributed by atoms with Crippen molar-refractivity contribution in [2.45, 2.75) is 102 Å². The standard InChI is InChI=1S/C28H44N4O5S/c1-18(2)14-25(33)27(34)26(20(4)21-8-6-5-7-9-21)31-28(35)24(29)15-22-16-32(17-30-22)38(36,37)23-12-10-19(3)11-13-23/h10-13,16-18,20-21,24-27,33-34H,5-9,14-15,29H2,1-4H3,(H,31,35)/t20?,24-,25-,26-,27-/m0/s1. The number of nitrogens with two attached hydrogens (primary N) is 1. The quantitative estimate of drug-likeness (QED) is 0.319. The van der Waals surface area contributed by atoms with Gasteiger partial charge in [-0.25, -0.2) is 17.4 Å². The van der Waals surface area contributed by atoms with E-state index in [2.05, 4.69) is 10.3 Å². The van der Waals surface area contributed by atoms with Gasteiger partial charge in [-0.15, -0.1) is 0 Å². The predicted molar refractivity (Wildman–Crippen MR) is 147 cm³/mol. The monoisotopic (exact) mass is 548 g/mol. The van der Waals surface area contributed by atoms with E-state index in [9.17, 15) is 23.4 Å². The fourth-order valence-corrected chi connectivity index (χ4v) is 6.50. The number of hydrogen-bond acceptors (Lipinski definition) is 7. The third-order valence-corrected chi connectivity index (χ3v) is 9.34. The summed E-state index contributed by atoms with van der Waals surface area (Å²) in [6, 6.07) is 4.87. The summed E-state index contributed by atoms with van der Waals surface area (Å²) in [6.07, 6.45) is 6.41. The highest BCUT2D eigenvalue weighted by molar-refractivity contribution is 7.90. The molecule has 0 saturated heterocycles. The molecule has 0 spiro atoms. The van der Waals surface area contributed by atoms with Crippen molar-refractivity contribution < 1.29 is 23.4 Å². The Morgan fingerprint density at radius 3 is 2.37 bits per heavy atom. The number of benzene rings is 1. The van der Waals surface area contributed by atoms with Crippen LogP contribution in [0, 0.1) is 24.7 Å². The van der Waals surface area contributed by atoms with Crippen LogP contribution in [0.2, 0.25) is 0 Å². The van der Waals surface area contributed by atoms with Gasteiger partial charge in [-0.1, -0.05) is 70.6 Å². The van der Waals surface area contributed by atoms with Crippen LogP contribution in [0.5, 0.6) is 0 Å². The third kappa shape index (κ3) is 7.65. The zero-order valence-corrected chi connectivity index (χ0v) is 23.8. The zero-order valence-electron chi connectivity index (χ0n) is 23.0. The fraction of sp³-hybridized carbons (Fsp3) is 0.643. The van der Waals surface area contributed by atoms with Gasteiger partial charge in [0.1, 0.15) is 12.4 Å². The molecule has 1 saturated carbocycles. The normalized spacial score (nSPS) is 19.1. The first kappa shape index (κ1) is 30.3. The fourth-order valence-electron chi connectivity index (χ4n) is 5.35. The van der Waals surface area contributed by atoms with E-state index in [4.69, 9.17) is 5.73 Å². The lowest BCUT2D eigenvalue weighted by molar-refractivity contribution is -0.126. The lowest BCUT2D eigenvalue weighted by Gasteiger charge is -2.38. The minimum atomic E-state index is -3.81. The molecule has 1 unspecified atom stereocenters. The van der Waals surface area contributed by atoms with Crippen LogP contribution in [-0.4, -0.2) is 57.8 Å². The summed E-state index contributed by atoms with van der Waals surface area (Å²) in [4.78, 5) is 17.5. The first-order valence-electron chi connectivity index (χ1n) is 13.7. The SMILES string of the molecule is Cc1ccc(S(=O)(=O)n2cnc(C[C@H](N)C(=O)N[C@@H](C(C)C3CCCCC3)[C@@H](O)[C@@H](O)CC(C)C)c2)cc1. The second kappa shape index (κ2) is 13.2. The van der Waals surface area contributed by atoms with Gasteiger partial charge in [-0.3, -0.25) is 4.79 Å². The van der Waals surface area contributed by atoms with Crippen LogP contribution in [0.4, 0.5) is 0 Å². The molecule has 1 aliphatic rings. The van der Waals surface area contributed by atoms with Crippen LogP contribution in [0.1, 0.15) is 70.6 Å². The number of amides is 1. The number of rotatable bonds is 12. The highest BCUT2D eigenvalue weighted by Gasteiger charge is 2.37. The third-order valence-electron chi connectivity index (χ3n) is 7.72. The predicted octanol–water partition coefficient (Wildman–Crippen LogP) is 2.77. The van der Waals surface area contributed by atoms with Crippen LogP contribution >= 0.6 is 0 Å². The Kier molecular flexibility index (Phi) is 10.5. The van der Waals surface area contributed by atoms with Crippen molar-refractivity contribution in [3.8, 4) is 0 Å². The second-order valence-electron chi connectivity index (χ2n) is 11.3. The molecule has 1 fully saturated rings. The van der Waals surface area contributed by atoms with Gasteiger partial charge in [0.2, 0.25) is 5.91 Å². The highest BCUT2D eigenvalue weighted by atomic mass is 32.2. The van der Waals surface area contributed by atoms with Gasteiger partial charge in [0, 0.05) is 12.6 Å². The van der Waals surface area contributed by atoms with Crippen molar-refractivity contribution in [2.75, 3.05) is 0 Å². The van der Waals surface area contributed by atoms with Crippen LogP contribution in [-0.2, 0) is 21.2 Å². The van der Waals surface area contributed by atoms with E-state index < -0.39 is 40.2 Å². The average Bonchev–Trinajstić information content (AvgIpc) is 3.36. The molecule has 10 heteroatoms. The van der Waals surface area contributed by atoms with E-state index in [-0.39, 0.29) is 23.2 Å². The molecule has 1 amide bonds. The summed E-state index contributed by atoms with van der Waals surface area (Å²) in [5.74, 6) is 0.0231. The molecule has 0 bridgehead atoms. The van der Waals surface area contributed by atoms with Gasteiger partial charge < -0.3 is 21.3 Å². The summed E-state index contributed by atoms with van der Waals surface area (Å²) in [7, 11) is -3.81. The summed E-state index contributed by atoms with van der Waals surface area (Å²) in [6.45, 7) is 7.85. The number of imidazole rings is 1. The topological polar surface area (TPSA) is 148 Å². The molecule has 0 radical (unpaired) electrons. The van der Waals surface area contributed by atoms with Crippen LogP contribution in [0.25, 0.3) is 0 Å². The first-order chi connectivity index (χ1) is 17.9. The molecule has 5 atom stereocenters. The Bertz CT molecular complexity index is 1140. The Labute approximate surface area is 226 Å². The molecular formula is C28H44N4O5S. The Hall–Kier alpha value is -2.27. The van der Waals surface area contributed by atoms with Gasteiger partial charge >= 0.3 is 0 Å². The van der Waals surface area contributed by atoms with Crippen molar-refractivity contribution in [1.29, 1.82) is 0 Å². The van der Waals surface area contributed by atoms with Gasteiger partial charge in [0.15, 0.2) is 0 Å². The van der Waals surface area contributed by atoms with E-state index >= 15 is 0 Å². The summed E-state index contributed by atoms with van der Waals surface area (Å²) in [5, 5.41) is 24.7. The van der Waals surface area contributed by atoms with Crippen molar-refractivity contribution in [2.24, 2.45) is 23.5 Å². The Morgan fingerprint density at radius 1 is 1.13 bits per heavy atom. The van der Waals surface area contributed by atoms with Crippen LogP contribution in [0.3, 0.4) is 0 Å². The molecular weight excluding hydrogens is 504 g/mol. The highest BCUT2D eigenvalue weighted by Crippen LogP contribution is 2.33. The largest absolute Gasteiger partial charge is 0.390 e. The van der Waals surface area contributed by atoms with E-state index in [1.807, 2.05) is 27.7 Å². The maximum atomic E-state index is 13.2. The summed E-state index contributed by atoms with van der Waals surface area (Å²) < 4.78 is 26.9. The zero-order chi connectivity index (χ0) is 28.0. The molecule has 1 aromatic heterocycles. The van der Waals surface area contributed by atoms with Crippen LogP contribution in [0.15, 0.2) is 41.7 Å². The van der Waals surface area contributed by atoms with Crippen molar-refractivity contribution >= 4 is 15.9 Å². The minimum absolute atomic E-state index is 0.0252. The lowest BCUT2D eigenvalue weighted by Crippen LogP contribution is -2.57. The van der Waals surface area contributed by atoms with Crippen molar-refractivity contribution in [3.63, 3.8) is 0 Å². The number of carbonyl (C=O) groups excluding carboxylic acids is 1. The molecule has 0 aliphatic heterocycles. The number of aryl methyl sites for hydroxylation is 1. The number of aliphatic hydroxyl groups excluding tert-OH is 2. The van der Waals surface area contributed by atoms with Crippen molar-refractivity contribution in [1.82, 2.24) is 14.3 Å². The summed E-state index contributed by atoms with van der Waals surface area (Å²) in [5.41, 5.74) is 7.54. The smallest absolute Gasteiger partial charge is 0.268 e. The molecule has 3 rings (SSSR count). The van der Waals surface area contributed by atoms with E-state index in [0.29, 0.717) is 18.0 Å². The number of nitrogens with zero attached hydrogens (tertiary/aromatic N) is 2. The van der Waals surface area contributed by atoms with E-state index in [0.717, 1.165) is 35.2 Å². The van der Waals surface area contributed by atoms with E-state index in [1.165, 1.54) is 31.1 Å². The van der Waals surface area contributed by atoms with Gasteiger partial charge in [0.05, 0.1) is 28.8 Å². The molecule has 2 aromatic rings. The Morgan fingerprint density at radius 2 is 1.76 bits per heavy atom. The number of hydrogen-bond donors (Lipinski definition) is 4. The number of aromatic nitrogens is 2. The maximum absolute atomic E-state index is 13.2. The lowest BCUT2D eigenvalue weighted by atomic mass is 9.75. The Balaban J connectivity index is 1.71. The first-order valence-corrected chi connectivity index (χ1v) is 15.1. The summed E-state index contributed by atoms with van der Waals surface area (Å²) >= 11 is 0.